The zero-order valence-electron chi connectivity index (χ0n) is 13.8. The fraction of sp³-hybridized carbons (Fsp3) is 0.0500. The van der Waals surface area contributed by atoms with Crippen LogP contribution in [0.5, 0.6) is 11.5 Å². The Morgan fingerprint density at radius 3 is 2.37 bits per heavy atom. The lowest BCUT2D eigenvalue weighted by Crippen LogP contribution is -1.93. The van der Waals surface area contributed by atoms with E-state index in [1.165, 1.54) is 18.3 Å². The fourth-order valence-corrected chi connectivity index (χ4v) is 2.84. The Bertz CT molecular complexity index is 959. The smallest absolute Gasteiger partial charge is 0.145 e. The summed E-state index contributed by atoms with van der Waals surface area (Å²) in [5.74, 6) is 0.254. The summed E-state index contributed by atoms with van der Waals surface area (Å²) in [7, 11) is 0. The normalized spacial score (nSPS) is 11.0. The summed E-state index contributed by atoms with van der Waals surface area (Å²) in [4.78, 5) is 5.29. The SMILES string of the molecule is Fc1cc(Oc2ccccc2/C=N\OCc2c(Cl)cccc2Cl)ccc1Cl. The molecule has 0 aliphatic heterocycles. The molecule has 0 saturated carbocycles. The van der Waals surface area contributed by atoms with Crippen LogP contribution >= 0.6 is 34.8 Å². The molecule has 0 bridgehead atoms. The molecule has 7 heteroatoms. The van der Waals surface area contributed by atoms with E-state index in [0.29, 0.717) is 32.7 Å². The van der Waals surface area contributed by atoms with Crippen molar-refractivity contribution in [3.05, 3.63) is 92.7 Å². The van der Waals surface area contributed by atoms with Crippen LogP contribution in [-0.4, -0.2) is 6.21 Å². The number of oxime groups is 1. The molecule has 27 heavy (non-hydrogen) atoms. The third kappa shape index (κ3) is 5.13. The maximum absolute atomic E-state index is 13.6. The van der Waals surface area contributed by atoms with Crippen LogP contribution in [0.1, 0.15) is 11.1 Å². The molecule has 0 heterocycles. The molecule has 0 amide bonds. The quantitative estimate of drug-likeness (QED) is 0.311. The van der Waals surface area contributed by atoms with E-state index in [4.69, 9.17) is 44.4 Å². The van der Waals surface area contributed by atoms with Gasteiger partial charge in [-0.15, -0.1) is 0 Å². The standard InChI is InChI=1S/C20H13Cl3FNO2/c21-16-5-3-6-17(22)15(16)12-26-25-11-13-4-1-2-7-20(13)27-14-8-9-18(23)19(24)10-14/h1-11H,12H2/b25-11-. The first kappa shape index (κ1) is 19.5. The Morgan fingerprint density at radius 1 is 0.889 bits per heavy atom. The van der Waals surface area contributed by atoms with Crippen molar-refractivity contribution in [1.29, 1.82) is 0 Å². The van der Waals surface area contributed by atoms with Crippen molar-refractivity contribution < 1.29 is 14.0 Å². The molecule has 3 aromatic rings. The van der Waals surface area contributed by atoms with Gasteiger partial charge >= 0.3 is 0 Å². The Balaban J connectivity index is 1.70. The van der Waals surface area contributed by atoms with Gasteiger partial charge in [0.25, 0.3) is 0 Å². The van der Waals surface area contributed by atoms with Crippen LogP contribution in [0.2, 0.25) is 15.1 Å². The summed E-state index contributed by atoms with van der Waals surface area (Å²) in [6.45, 7) is 0.125. The van der Waals surface area contributed by atoms with Gasteiger partial charge < -0.3 is 9.57 Å². The second kappa shape index (κ2) is 9.09. The van der Waals surface area contributed by atoms with Gasteiger partial charge in [-0.05, 0) is 36.4 Å². The molecule has 0 saturated heterocycles. The lowest BCUT2D eigenvalue weighted by molar-refractivity contribution is 0.132. The Morgan fingerprint density at radius 2 is 1.63 bits per heavy atom. The second-order valence-electron chi connectivity index (χ2n) is 5.42. The summed E-state index contributed by atoms with van der Waals surface area (Å²) >= 11 is 17.9. The van der Waals surface area contributed by atoms with Gasteiger partial charge in [0.15, 0.2) is 0 Å². The van der Waals surface area contributed by atoms with Gasteiger partial charge in [-0.3, -0.25) is 0 Å². The summed E-state index contributed by atoms with van der Waals surface area (Å²) < 4.78 is 19.3. The average molecular weight is 425 g/mol. The Hall–Kier alpha value is -2.27. The summed E-state index contributed by atoms with van der Waals surface area (Å²) in [6, 6.07) is 16.6. The van der Waals surface area contributed by atoms with Gasteiger partial charge in [0.1, 0.15) is 23.9 Å². The third-order valence-electron chi connectivity index (χ3n) is 3.57. The Kier molecular flexibility index (Phi) is 6.56. The van der Waals surface area contributed by atoms with E-state index >= 15 is 0 Å². The monoisotopic (exact) mass is 423 g/mol. The maximum Gasteiger partial charge on any atom is 0.145 e. The summed E-state index contributed by atoms with van der Waals surface area (Å²) in [6.07, 6.45) is 1.49. The van der Waals surface area contributed by atoms with E-state index in [1.54, 1.807) is 42.5 Å². The molecule has 0 radical (unpaired) electrons. The molecule has 3 aromatic carbocycles. The van der Waals surface area contributed by atoms with Crippen LogP contribution in [0, 0.1) is 5.82 Å². The minimum atomic E-state index is -0.555. The largest absolute Gasteiger partial charge is 0.457 e. The third-order valence-corrected chi connectivity index (χ3v) is 4.59. The van der Waals surface area contributed by atoms with Crippen LogP contribution in [0.25, 0.3) is 0 Å². The van der Waals surface area contributed by atoms with Crippen LogP contribution in [-0.2, 0) is 11.4 Å². The van der Waals surface area contributed by atoms with Crippen LogP contribution < -0.4 is 4.74 Å². The highest BCUT2D eigenvalue weighted by Gasteiger charge is 2.07. The predicted molar refractivity (Wildman–Crippen MR) is 107 cm³/mol. The van der Waals surface area contributed by atoms with E-state index in [-0.39, 0.29) is 11.6 Å². The van der Waals surface area contributed by atoms with Gasteiger partial charge in [-0.25, -0.2) is 4.39 Å². The zero-order valence-corrected chi connectivity index (χ0v) is 16.1. The minimum absolute atomic E-state index is 0.0313. The highest BCUT2D eigenvalue weighted by molar-refractivity contribution is 6.35. The first-order valence-corrected chi connectivity index (χ1v) is 8.98. The van der Waals surface area contributed by atoms with Gasteiger partial charge in [-0.2, -0.15) is 0 Å². The van der Waals surface area contributed by atoms with Crippen LogP contribution in [0.4, 0.5) is 4.39 Å². The molecule has 0 spiro atoms. The van der Waals surface area contributed by atoms with Gasteiger partial charge in [0, 0.05) is 27.2 Å². The first-order chi connectivity index (χ1) is 13.0. The molecule has 0 N–H and O–H groups in total. The van der Waals surface area contributed by atoms with E-state index in [9.17, 15) is 4.39 Å². The molecular weight excluding hydrogens is 412 g/mol. The highest BCUT2D eigenvalue weighted by atomic mass is 35.5. The first-order valence-electron chi connectivity index (χ1n) is 7.85. The number of hydrogen-bond donors (Lipinski definition) is 0. The van der Waals surface area contributed by atoms with Crippen molar-refractivity contribution in [2.45, 2.75) is 6.61 Å². The van der Waals surface area contributed by atoms with Crippen LogP contribution in [0.15, 0.2) is 65.8 Å². The summed E-state index contributed by atoms with van der Waals surface area (Å²) in [5, 5.41) is 4.98. The number of rotatable bonds is 6. The van der Waals surface area contributed by atoms with Crippen molar-refractivity contribution in [1.82, 2.24) is 0 Å². The van der Waals surface area contributed by atoms with Crippen molar-refractivity contribution in [2.24, 2.45) is 5.16 Å². The second-order valence-corrected chi connectivity index (χ2v) is 6.65. The van der Waals surface area contributed by atoms with Crippen LogP contribution in [0.3, 0.4) is 0 Å². The topological polar surface area (TPSA) is 30.8 Å². The van der Waals surface area contributed by atoms with Gasteiger partial charge in [0.05, 0.1) is 11.2 Å². The maximum atomic E-state index is 13.6. The van der Waals surface area contributed by atoms with Crippen molar-refractivity contribution in [2.75, 3.05) is 0 Å². The number of benzene rings is 3. The van der Waals surface area contributed by atoms with Crippen molar-refractivity contribution >= 4 is 41.0 Å². The molecule has 0 unspecified atom stereocenters. The van der Waals surface area contributed by atoms with Crippen molar-refractivity contribution in [3.63, 3.8) is 0 Å². The average Bonchev–Trinajstić information content (AvgIpc) is 2.65. The van der Waals surface area contributed by atoms with Gasteiger partial charge in [-0.1, -0.05) is 58.2 Å². The van der Waals surface area contributed by atoms with E-state index < -0.39 is 5.82 Å². The molecule has 0 aromatic heterocycles. The molecule has 3 nitrogen and oxygen atoms in total. The lowest BCUT2D eigenvalue weighted by Gasteiger charge is -2.09. The number of ether oxygens (including phenoxy) is 1. The van der Waals surface area contributed by atoms with E-state index in [2.05, 4.69) is 5.16 Å². The molecule has 0 atom stereocenters. The molecule has 138 valence electrons. The van der Waals surface area contributed by atoms with E-state index in [1.807, 2.05) is 6.07 Å². The van der Waals surface area contributed by atoms with Gasteiger partial charge in [0.2, 0.25) is 0 Å². The number of para-hydroxylation sites is 1. The molecule has 0 aliphatic carbocycles. The molecule has 0 fully saturated rings. The van der Waals surface area contributed by atoms with Crippen molar-refractivity contribution in [3.8, 4) is 11.5 Å². The zero-order chi connectivity index (χ0) is 19.2. The number of hydrogen-bond acceptors (Lipinski definition) is 3. The summed E-state index contributed by atoms with van der Waals surface area (Å²) in [5.41, 5.74) is 1.30. The number of nitrogens with zero attached hydrogens (tertiary/aromatic N) is 1. The minimum Gasteiger partial charge on any atom is -0.457 e. The number of halogens is 4. The molecular formula is C20H13Cl3FNO2. The molecule has 0 aliphatic rings. The predicted octanol–water partition coefficient (Wildman–Crippen LogP) is 7.13. The highest BCUT2D eigenvalue weighted by Crippen LogP contribution is 2.28. The lowest BCUT2D eigenvalue weighted by atomic mass is 10.2. The Labute approximate surface area is 170 Å². The fourth-order valence-electron chi connectivity index (χ4n) is 2.21. The molecule has 3 rings (SSSR count). The van der Waals surface area contributed by atoms with E-state index in [0.717, 1.165) is 0 Å².